The molecule has 2 N–H and O–H groups in total. The van der Waals surface area contributed by atoms with Crippen LogP contribution in [0.3, 0.4) is 0 Å². The first kappa shape index (κ1) is 26.7. The molecule has 1 rings (SSSR count). The fourth-order valence-electron chi connectivity index (χ4n) is 2.42. The maximum Gasteiger partial charge on any atom is 0.513 e. The first-order chi connectivity index (χ1) is 15.1. The van der Waals surface area contributed by atoms with E-state index in [1.165, 1.54) is 18.2 Å². The molecule has 1 aromatic carbocycles. The number of esters is 1. The zero-order valence-electron chi connectivity index (χ0n) is 18.7. The van der Waals surface area contributed by atoms with Crippen LogP contribution in [-0.2, 0) is 30.2 Å². The van der Waals surface area contributed by atoms with Gasteiger partial charge in [-0.15, -0.1) is 0 Å². The van der Waals surface area contributed by atoms with Crippen LogP contribution in [0.4, 0.5) is 9.59 Å². The molecule has 0 aliphatic carbocycles. The van der Waals surface area contributed by atoms with Gasteiger partial charge in [0.1, 0.15) is 12.1 Å². The molecule has 178 valence electrons. The summed E-state index contributed by atoms with van der Waals surface area (Å²) in [6, 6.07) is 3.16. The van der Waals surface area contributed by atoms with Crippen molar-refractivity contribution in [2.75, 3.05) is 20.8 Å². The molecule has 0 amide bonds. The zero-order chi connectivity index (χ0) is 24.3. The van der Waals surface area contributed by atoms with Gasteiger partial charge >= 0.3 is 24.2 Å². The Balaban J connectivity index is 2.91. The Hall–Kier alpha value is -3.34. The van der Waals surface area contributed by atoms with Crippen molar-refractivity contribution < 1.29 is 48.0 Å². The van der Waals surface area contributed by atoms with Crippen LogP contribution in [0, 0.1) is 5.92 Å². The van der Waals surface area contributed by atoms with E-state index in [1.807, 2.05) is 6.92 Å². The van der Waals surface area contributed by atoms with E-state index < -0.39 is 30.4 Å². The Morgan fingerprint density at radius 1 is 1.00 bits per heavy atom. The van der Waals surface area contributed by atoms with Gasteiger partial charge in [-0.1, -0.05) is 19.9 Å². The number of benzene rings is 1. The first-order valence-corrected chi connectivity index (χ1v) is 9.92. The van der Waals surface area contributed by atoms with Crippen LogP contribution in [0.5, 0.6) is 11.5 Å². The molecule has 0 aliphatic heterocycles. The van der Waals surface area contributed by atoms with Crippen LogP contribution < -0.4 is 14.8 Å². The third-order valence-corrected chi connectivity index (χ3v) is 4.45. The first-order valence-electron chi connectivity index (χ1n) is 9.92. The number of hydrogen-bond acceptors (Lipinski definition) is 10. The number of carboxylic acid groups (broad SMARTS) is 1. The molecular weight excluding hydrogens is 426 g/mol. The van der Waals surface area contributed by atoms with Crippen molar-refractivity contribution in [1.82, 2.24) is 5.32 Å². The van der Waals surface area contributed by atoms with Gasteiger partial charge in [0.25, 0.3) is 0 Å². The number of hydrogen-bond donors (Lipinski definition) is 2. The van der Waals surface area contributed by atoms with Crippen molar-refractivity contribution in [3.8, 4) is 11.5 Å². The van der Waals surface area contributed by atoms with Crippen molar-refractivity contribution in [1.29, 1.82) is 0 Å². The molecule has 0 heterocycles. The minimum atomic E-state index is -1.13. The van der Waals surface area contributed by atoms with Gasteiger partial charge in [0, 0.05) is 6.54 Å². The highest BCUT2D eigenvalue weighted by Crippen LogP contribution is 2.30. The lowest BCUT2D eigenvalue weighted by Crippen LogP contribution is -2.43. The molecule has 11 heteroatoms. The van der Waals surface area contributed by atoms with Gasteiger partial charge in [-0.3, -0.25) is 9.59 Å². The quantitative estimate of drug-likeness (QED) is 0.288. The maximum atomic E-state index is 11.9. The lowest BCUT2D eigenvalue weighted by molar-refractivity contribution is -0.152. The average Bonchev–Trinajstić information content (AvgIpc) is 2.76. The minimum absolute atomic E-state index is 0.00258. The summed E-state index contributed by atoms with van der Waals surface area (Å²) in [6.07, 6.45) is -1.98. The zero-order valence-corrected chi connectivity index (χ0v) is 18.7. The van der Waals surface area contributed by atoms with E-state index in [-0.39, 0.29) is 36.4 Å². The summed E-state index contributed by atoms with van der Waals surface area (Å²) >= 11 is 0. The molecule has 0 aliphatic rings. The lowest BCUT2D eigenvalue weighted by atomic mass is 10.0. The van der Waals surface area contributed by atoms with Crippen molar-refractivity contribution in [3.63, 3.8) is 0 Å². The fraction of sp³-hybridized carbons (Fsp3) is 0.524. The average molecular weight is 455 g/mol. The van der Waals surface area contributed by atoms with Crippen molar-refractivity contribution in [2.45, 2.75) is 45.8 Å². The highest BCUT2D eigenvalue weighted by atomic mass is 16.7. The number of carbonyl (C=O) groups is 4. The van der Waals surface area contributed by atoms with E-state index in [2.05, 4.69) is 14.8 Å². The third kappa shape index (κ3) is 8.80. The van der Waals surface area contributed by atoms with Crippen molar-refractivity contribution in [3.05, 3.63) is 23.8 Å². The number of rotatable bonds is 11. The molecule has 0 spiro atoms. The van der Waals surface area contributed by atoms with Crippen molar-refractivity contribution in [2.24, 2.45) is 5.92 Å². The topological polar surface area (TPSA) is 147 Å². The van der Waals surface area contributed by atoms with Crippen LogP contribution in [-0.4, -0.2) is 62.3 Å². The van der Waals surface area contributed by atoms with Gasteiger partial charge in [0.2, 0.25) is 0 Å². The normalized spacial score (nSPS) is 13.3. The minimum Gasteiger partial charge on any atom is -0.480 e. The summed E-state index contributed by atoms with van der Waals surface area (Å²) in [4.78, 5) is 46.5. The number of ether oxygens (including phenoxy) is 5. The summed E-state index contributed by atoms with van der Waals surface area (Å²) in [7, 11) is 2.22. The summed E-state index contributed by atoms with van der Waals surface area (Å²) in [5, 5.41) is 12.4. The molecule has 0 bridgehead atoms. The molecule has 3 atom stereocenters. The van der Waals surface area contributed by atoms with Gasteiger partial charge in [-0.25, -0.2) is 9.59 Å². The van der Waals surface area contributed by atoms with Crippen LogP contribution in [0.25, 0.3) is 0 Å². The second-order valence-corrected chi connectivity index (χ2v) is 6.95. The predicted molar refractivity (Wildman–Crippen MR) is 111 cm³/mol. The fourth-order valence-corrected chi connectivity index (χ4v) is 2.42. The van der Waals surface area contributed by atoms with Crippen LogP contribution in [0.1, 0.15) is 32.8 Å². The van der Waals surface area contributed by atoms with E-state index in [0.717, 1.165) is 14.2 Å². The van der Waals surface area contributed by atoms with E-state index in [1.54, 1.807) is 13.8 Å². The standard InChI is InChI=1S/C21H29NO10/c1-6-12(2)19(25)30-13(3)11-22-15(18(23)24)9-14-7-8-16(31-20(26)28-4)17(10-14)32-21(27)29-5/h7-8,10,12-13,15,22H,6,9,11H2,1-5H3,(H,23,24)/t12?,13?,15-/m0/s1. The highest BCUT2D eigenvalue weighted by molar-refractivity contribution is 5.74. The Morgan fingerprint density at radius 3 is 2.12 bits per heavy atom. The maximum absolute atomic E-state index is 11.9. The monoisotopic (exact) mass is 455 g/mol. The third-order valence-electron chi connectivity index (χ3n) is 4.45. The number of carbonyl (C=O) groups excluding carboxylic acids is 3. The second kappa shape index (κ2) is 13.2. The highest BCUT2D eigenvalue weighted by Gasteiger charge is 2.22. The van der Waals surface area contributed by atoms with Crippen LogP contribution in [0.2, 0.25) is 0 Å². The Bertz CT molecular complexity index is 810. The Labute approximate surface area is 185 Å². The molecule has 1 aromatic rings. The molecule has 0 radical (unpaired) electrons. The summed E-state index contributed by atoms with van der Waals surface area (Å²) < 4.78 is 24.0. The van der Waals surface area contributed by atoms with E-state index >= 15 is 0 Å². The molecule has 0 fully saturated rings. The Morgan fingerprint density at radius 2 is 1.59 bits per heavy atom. The van der Waals surface area contributed by atoms with Gasteiger partial charge in [0.15, 0.2) is 11.5 Å². The van der Waals surface area contributed by atoms with Crippen LogP contribution in [0.15, 0.2) is 18.2 Å². The van der Waals surface area contributed by atoms with E-state index in [0.29, 0.717) is 12.0 Å². The molecule has 0 saturated heterocycles. The summed E-state index contributed by atoms with van der Waals surface area (Å²) in [6.45, 7) is 5.40. The van der Waals surface area contributed by atoms with Crippen molar-refractivity contribution >= 4 is 24.2 Å². The molecule has 2 unspecified atom stereocenters. The number of nitrogens with one attached hydrogen (secondary N) is 1. The number of methoxy groups -OCH3 is 2. The Kier molecular flexibility index (Phi) is 11.0. The van der Waals surface area contributed by atoms with Gasteiger partial charge < -0.3 is 34.1 Å². The van der Waals surface area contributed by atoms with Crippen LogP contribution >= 0.6 is 0 Å². The van der Waals surface area contributed by atoms with E-state index in [4.69, 9.17) is 14.2 Å². The van der Waals surface area contributed by atoms with Gasteiger partial charge in [0.05, 0.1) is 20.1 Å². The second-order valence-electron chi connectivity index (χ2n) is 6.95. The van der Waals surface area contributed by atoms with E-state index in [9.17, 15) is 24.3 Å². The lowest BCUT2D eigenvalue weighted by Gasteiger charge is -2.20. The largest absolute Gasteiger partial charge is 0.513 e. The molecule has 11 nitrogen and oxygen atoms in total. The smallest absolute Gasteiger partial charge is 0.480 e. The molecule has 0 aromatic heterocycles. The molecular formula is C21H29NO10. The SMILES string of the molecule is CCC(C)C(=O)OC(C)CN[C@@H](Cc1ccc(OC(=O)OC)c(OC(=O)OC)c1)C(=O)O. The number of aliphatic carboxylic acids is 1. The van der Waals surface area contributed by atoms with Gasteiger partial charge in [-0.2, -0.15) is 0 Å². The molecule has 32 heavy (non-hydrogen) atoms. The predicted octanol–water partition coefficient (Wildman–Crippen LogP) is 2.54. The number of carboxylic acids is 1. The summed E-state index contributed by atoms with van der Waals surface area (Å²) in [5.74, 6) is -1.99. The van der Waals surface area contributed by atoms with Gasteiger partial charge in [-0.05, 0) is 37.5 Å². The summed E-state index contributed by atoms with van der Waals surface area (Å²) in [5.41, 5.74) is 0.463. The molecule has 0 saturated carbocycles.